The van der Waals surface area contributed by atoms with Crippen LogP contribution in [0.1, 0.15) is 144 Å². The first-order valence-corrected chi connectivity index (χ1v) is 14.7. The molecule has 0 fully saturated rings. The van der Waals surface area contributed by atoms with Gasteiger partial charge in [0.2, 0.25) is 0 Å². The lowest BCUT2D eigenvalue weighted by molar-refractivity contribution is 0.668. The average Bonchev–Trinajstić information content (AvgIpc) is 3.27. The van der Waals surface area contributed by atoms with Crippen molar-refractivity contribution in [3.63, 3.8) is 0 Å². The van der Waals surface area contributed by atoms with Gasteiger partial charge < -0.3 is 0 Å². The van der Waals surface area contributed by atoms with E-state index in [0.29, 0.717) is 35.5 Å². The first-order chi connectivity index (χ1) is 15.6. The molecule has 0 aromatic heterocycles. The molecule has 1 aliphatic rings. The van der Waals surface area contributed by atoms with Gasteiger partial charge in [-0.1, -0.05) is 133 Å². The van der Waals surface area contributed by atoms with Gasteiger partial charge in [0.15, 0.2) is 0 Å². The summed E-state index contributed by atoms with van der Waals surface area (Å²) in [5.41, 5.74) is 9.34. The van der Waals surface area contributed by atoms with Crippen molar-refractivity contribution in [1.29, 1.82) is 0 Å². The maximum Gasteiger partial charge on any atom is 0.00326 e. The van der Waals surface area contributed by atoms with Crippen LogP contribution in [0.5, 0.6) is 0 Å². The summed E-state index contributed by atoms with van der Waals surface area (Å²) in [4.78, 5) is 0. The summed E-state index contributed by atoms with van der Waals surface area (Å²) in [6, 6.07) is 13.9. The van der Waals surface area contributed by atoms with Gasteiger partial charge in [0.25, 0.3) is 0 Å². The van der Waals surface area contributed by atoms with Gasteiger partial charge in [-0.3, -0.25) is 0 Å². The molecule has 33 heavy (non-hydrogen) atoms. The van der Waals surface area contributed by atoms with Crippen LogP contribution in [0.3, 0.4) is 0 Å². The molecule has 0 spiro atoms. The van der Waals surface area contributed by atoms with E-state index in [0.717, 1.165) is 0 Å². The summed E-state index contributed by atoms with van der Waals surface area (Å²) in [7, 11) is 0. The topological polar surface area (TPSA) is 0 Å². The molecule has 0 radical (unpaired) electrons. The van der Waals surface area contributed by atoms with Crippen molar-refractivity contribution in [3.8, 4) is 0 Å². The molecule has 0 nitrogen and oxygen atoms in total. The van der Waals surface area contributed by atoms with E-state index in [4.69, 9.17) is 0 Å². The SMILES string of the molecule is CC(C)c1cccc(C(C)C)c1C1C=CC(c2c(C(C)C)cccc2C(C)C)C1.CCCI. The number of hydrogen-bond acceptors (Lipinski definition) is 0. The Hall–Kier alpha value is -1.09. The van der Waals surface area contributed by atoms with E-state index in [1.807, 2.05) is 0 Å². The largest absolute Gasteiger partial charge is 0.0864 e. The minimum absolute atomic E-state index is 0.524. The molecule has 0 saturated carbocycles. The van der Waals surface area contributed by atoms with Crippen LogP contribution in [0.25, 0.3) is 0 Å². The van der Waals surface area contributed by atoms with Crippen molar-refractivity contribution in [2.24, 2.45) is 0 Å². The highest BCUT2D eigenvalue weighted by Crippen LogP contribution is 2.46. The number of halogens is 1. The highest BCUT2D eigenvalue weighted by Gasteiger charge is 2.30. The first kappa shape index (κ1) is 28.1. The molecule has 1 heteroatoms. The van der Waals surface area contributed by atoms with Crippen LogP contribution >= 0.6 is 22.6 Å². The van der Waals surface area contributed by atoms with Crippen molar-refractivity contribution in [3.05, 3.63) is 81.9 Å². The van der Waals surface area contributed by atoms with E-state index in [1.54, 1.807) is 11.1 Å². The molecular formula is C32H47I. The highest BCUT2D eigenvalue weighted by atomic mass is 127. The molecule has 0 N–H and O–H groups in total. The van der Waals surface area contributed by atoms with E-state index in [9.17, 15) is 0 Å². The molecule has 2 unspecified atom stereocenters. The summed E-state index contributed by atoms with van der Waals surface area (Å²) < 4.78 is 1.29. The molecule has 0 bridgehead atoms. The second-order valence-corrected chi connectivity index (χ2v) is 11.9. The molecule has 2 aromatic carbocycles. The lowest BCUT2D eigenvalue weighted by atomic mass is 9.78. The van der Waals surface area contributed by atoms with E-state index in [2.05, 4.69) is 133 Å². The maximum atomic E-state index is 2.51. The lowest BCUT2D eigenvalue weighted by Crippen LogP contribution is -2.10. The minimum atomic E-state index is 0.524. The summed E-state index contributed by atoms with van der Waals surface area (Å²) in [5.74, 6) is 3.29. The van der Waals surface area contributed by atoms with Crippen molar-refractivity contribution in [2.45, 2.75) is 111 Å². The zero-order valence-electron chi connectivity index (χ0n) is 22.6. The van der Waals surface area contributed by atoms with Crippen LogP contribution in [0.4, 0.5) is 0 Å². The second-order valence-electron chi connectivity index (χ2n) is 10.8. The molecule has 2 aromatic rings. The Morgan fingerprint density at radius 1 is 0.636 bits per heavy atom. The Kier molecular flexibility index (Phi) is 11.2. The van der Waals surface area contributed by atoms with Crippen molar-refractivity contribution in [1.82, 2.24) is 0 Å². The fourth-order valence-electron chi connectivity index (χ4n) is 5.20. The van der Waals surface area contributed by atoms with Crippen LogP contribution in [-0.2, 0) is 0 Å². The van der Waals surface area contributed by atoms with Crippen molar-refractivity contribution < 1.29 is 0 Å². The summed E-state index contributed by atoms with van der Waals surface area (Å²) in [6.45, 7) is 20.9. The van der Waals surface area contributed by atoms with E-state index < -0.39 is 0 Å². The Labute approximate surface area is 218 Å². The standard InChI is InChI=1S/C29H40.C3H7I/c1-18(2)24-11-9-12-25(19(3)4)28(24)22-15-16-23(17-22)29-26(20(5)6)13-10-14-27(29)21(7)8;1-2-3-4/h9-16,18-23H,17H2,1-8H3;2-3H2,1H3. The van der Waals surface area contributed by atoms with Crippen molar-refractivity contribution in [2.75, 3.05) is 4.43 Å². The minimum Gasteiger partial charge on any atom is -0.0864 e. The van der Waals surface area contributed by atoms with Crippen LogP contribution < -0.4 is 0 Å². The molecule has 0 aliphatic heterocycles. The van der Waals surface area contributed by atoms with Crippen LogP contribution in [-0.4, -0.2) is 4.43 Å². The Bertz CT molecular complexity index is 775. The van der Waals surface area contributed by atoms with Crippen LogP contribution in [0.15, 0.2) is 48.6 Å². The van der Waals surface area contributed by atoms with Gasteiger partial charge in [0, 0.05) is 11.8 Å². The Morgan fingerprint density at radius 3 is 1.12 bits per heavy atom. The number of benzene rings is 2. The third kappa shape index (κ3) is 6.96. The van der Waals surface area contributed by atoms with Crippen LogP contribution in [0, 0.1) is 0 Å². The Morgan fingerprint density at radius 2 is 0.909 bits per heavy atom. The lowest BCUT2D eigenvalue weighted by Gasteiger charge is -2.26. The normalized spacial score (nSPS) is 17.9. The van der Waals surface area contributed by atoms with E-state index in [1.165, 1.54) is 39.5 Å². The van der Waals surface area contributed by atoms with Gasteiger partial charge in [-0.15, -0.1) is 0 Å². The van der Waals surface area contributed by atoms with Gasteiger partial charge in [-0.25, -0.2) is 0 Å². The fraction of sp³-hybridized carbons (Fsp3) is 0.562. The number of allylic oxidation sites excluding steroid dienone is 2. The monoisotopic (exact) mass is 558 g/mol. The van der Waals surface area contributed by atoms with Crippen molar-refractivity contribution >= 4 is 22.6 Å². The van der Waals surface area contributed by atoms with Gasteiger partial charge in [0.1, 0.15) is 0 Å². The van der Waals surface area contributed by atoms with Gasteiger partial charge in [-0.05, 0) is 74.3 Å². The quantitative estimate of drug-likeness (QED) is 0.180. The summed E-state index contributed by atoms with van der Waals surface area (Å²) >= 11 is 2.35. The molecule has 3 rings (SSSR count). The second kappa shape index (κ2) is 13.1. The molecule has 0 amide bonds. The smallest absolute Gasteiger partial charge is 0.00326 e. The Balaban J connectivity index is 0.000000890. The first-order valence-electron chi connectivity index (χ1n) is 13.1. The summed E-state index contributed by atoms with van der Waals surface area (Å²) in [6.07, 6.45) is 7.53. The number of alkyl halides is 1. The zero-order chi connectivity index (χ0) is 24.7. The molecular weight excluding hydrogens is 511 g/mol. The fourth-order valence-corrected chi connectivity index (χ4v) is 5.20. The predicted molar refractivity (Wildman–Crippen MR) is 158 cm³/mol. The third-order valence-corrected chi connectivity index (χ3v) is 7.93. The van der Waals surface area contributed by atoms with Gasteiger partial charge >= 0.3 is 0 Å². The van der Waals surface area contributed by atoms with Gasteiger partial charge in [-0.2, -0.15) is 0 Å². The molecule has 182 valence electrons. The van der Waals surface area contributed by atoms with Crippen LogP contribution in [0.2, 0.25) is 0 Å². The molecule has 0 saturated heterocycles. The summed E-state index contributed by atoms with van der Waals surface area (Å²) in [5, 5.41) is 0. The number of hydrogen-bond donors (Lipinski definition) is 0. The number of rotatable bonds is 7. The molecule has 1 aliphatic carbocycles. The third-order valence-electron chi connectivity index (χ3n) is 6.85. The predicted octanol–water partition coefficient (Wildman–Crippen LogP) is 10.8. The van der Waals surface area contributed by atoms with E-state index >= 15 is 0 Å². The molecule has 0 heterocycles. The average molecular weight is 559 g/mol. The van der Waals surface area contributed by atoms with Gasteiger partial charge in [0.05, 0.1) is 0 Å². The van der Waals surface area contributed by atoms with E-state index in [-0.39, 0.29) is 0 Å². The maximum absolute atomic E-state index is 2.51. The molecule has 2 atom stereocenters. The highest BCUT2D eigenvalue weighted by molar-refractivity contribution is 14.1. The zero-order valence-corrected chi connectivity index (χ0v) is 24.7.